The summed E-state index contributed by atoms with van der Waals surface area (Å²) in [6.07, 6.45) is 10.8. The topological polar surface area (TPSA) is 52.8 Å². The van der Waals surface area contributed by atoms with Crippen LogP contribution in [-0.4, -0.2) is 34.7 Å². The number of carbonyl (C=O) groups excluding carboxylic acids is 1. The average molecular weight is 417 g/mol. The summed E-state index contributed by atoms with van der Waals surface area (Å²) in [7, 11) is 0. The maximum absolute atomic E-state index is 12.7. The van der Waals surface area contributed by atoms with E-state index in [2.05, 4.69) is 21.5 Å². The number of nitrogens with zero attached hydrogens (tertiary/aromatic N) is 2. The van der Waals surface area contributed by atoms with E-state index in [0.717, 1.165) is 28.0 Å². The summed E-state index contributed by atoms with van der Waals surface area (Å²) in [6, 6.07) is 14.3. The molecule has 31 heavy (non-hydrogen) atoms. The molecule has 0 N–H and O–H groups in total. The summed E-state index contributed by atoms with van der Waals surface area (Å²) in [5.41, 5.74) is 4.93. The number of allylic oxidation sites excluding steroid dienone is 4. The van der Waals surface area contributed by atoms with Crippen molar-refractivity contribution in [2.75, 3.05) is 13.2 Å². The third-order valence-electron chi connectivity index (χ3n) is 5.51. The van der Waals surface area contributed by atoms with E-state index in [4.69, 9.17) is 9.47 Å². The number of ether oxygens (including phenoxy) is 2. The van der Waals surface area contributed by atoms with E-state index in [1.807, 2.05) is 68.7 Å². The van der Waals surface area contributed by atoms with Gasteiger partial charge in [-0.2, -0.15) is 0 Å². The van der Waals surface area contributed by atoms with Gasteiger partial charge in [-0.1, -0.05) is 42.5 Å². The lowest BCUT2D eigenvalue weighted by atomic mass is 9.89. The van der Waals surface area contributed by atoms with E-state index in [9.17, 15) is 4.79 Å². The first-order valence-electron chi connectivity index (χ1n) is 10.9. The number of hydrogen-bond acceptors (Lipinski definition) is 4. The molecule has 2 heterocycles. The van der Waals surface area contributed by atoms with Gasteiger partial charge in [0.1, 0.15) is 5.65 Å². The highest BCUT2D eigenvalue weighted by atomic mass is 16.7. The molecule has 5 heteroatoms. The predicted molar refractivity (Wildman–Crippen MR) is 123 cm³/mol. The molecule has 0 fully saturated rings. The summed E-state index contributed by atoms with van der Waals surface area (Å²) < 4.78 is 13.3. The molecule has 0 bridgehead atoms. The number of imidazole rings is 1. The van der Waals surface area contributed by atoms with Crippen LogP contribution in [0.4, 0.5) is 0 Å². The van der Waals surface area contributed by atoms with Crippen LogP contribution in [0.3, 0.4) is 0 Å². The van der Waals surface area contributed by atoms with Crippen molar-refractivity contribution in [3.8, 4) is 11.3 Å². The van der Waals surface area contributed by atoms with Gasteiger partial charge in [-0.05, 0) is 56.0 Å². The quantitative estimate of drug-likeness (QED) is 0.443. The zero-order valence-corrected chi connectivity index (χ0v) is 18.0. The number of ketones is 1. The second kappa shape index (κ2) is 9.86. The van der Waals surface area contributed by atoms with Crippen LogP contribution in [0.2, 0.25) is 0 Å². The Balaban J connectivity index is 1.47. The van der Waals surface area contributed by atoms with Crippen LogP contribution in [0.15, 0.2) is 73.1 Å². The van der Waals surface area contributed by atoms with Crippen molar-refractivity contribution >= 4 is 17.0 Å². The number of hydrogen-bond donors (Lipinski definition) is 0. The molecule has 0 amide bonds. The van der Waals surface area contributed by atoms with E-state index in [-0.39, 0.29) is 18.0 Å². The Morgan fingerprint density at radius 2 is 1.84 bits per heavy atom. The van der Waals surface area contributed by atoms with Crippen molar-refractivity contribution < 1.29 is 14.3 Å². The molecule has 1 aliphatic rings. The Morgan fingerprint density at radius 3 is 2.55 bits per heavy atom. The van der Waals surface area contributed by atoms with Crippen molar-refractivity contribution in [3.05, 3.63) is 78.6 Å². The average Bonchev–Trinajstić information content (AvgIpc) is 3.22. The summed E-state index contributed by atoms with van der Waals surface area (Å²) in [4.78, 5) is 17.3. The maximum Gasteiger partial charge on any atom is 0.163 e. The zero-order valence-electron chi connectivity index (χ0n) is 18.0. The molecule has 5 nitrogen and oxygen atoms in total. The Morgan fingerprint density at radius 1 is 1.06 bits per heavy atom. The number of fused-ring (bicyclic) bond motifs is 1. The number of rotatable bonds is 9. The minimum absolute atomic E-state index is 0.123. The molecule has 2 aromatic heterocycles. The molecule has 0 saturated carbocycles. The molecule has 0 radical (unpaired) electrons. The van der Waals surface area contributed by atoms with Gasteiger partial charge < -0.3 is 9.47 Å². The standard InChI is InChI=1S/C26H28N2O3/c1-3-30-26(31-4-2)13-12-20-10-11-21(16-24(20)29)22-14-15-28-23(18-27-25(28)17-22)19-8-6-5-7-9-19/h5-11,14-18,20,26H,3-4,12-13H2,1-2H3. The molecule has 0 aliphatic heterocycles. The Bertz CT molecular complexity index is 1090. The fourth-order valence-electron chi connectivity index (χ4n) is 3.93. The molecule has 160 valence electrons. The lowest BCUT2D eigenvalue weighted by Gasteiger charge is -2.20. The Labute approximate surface area is 183 Å². The largest absolute Gasteiger partial charge is 0.353 e. The van der Waals surface area contributed by atoms with Crippen LogP contribution < -0.4 is 0 Å². The highest BCUT2D eigenvalue weighted by Crippen LogP contribution is 2.28. The summed E-state index contributed by atoms with van der Waals surface area (Å²) >= 11 is 0. The SMILES string of the molecule is CCOC(CCC1C=CC(c2ccn3c(-c4ccccc4)cnc3c2)=CC1=O)OCC. The number of carbonyl (C=O) groups is 1. The first-order valence-corrected chi connectivity index (χ1v) is 10.9. The van der Waals surface area contributed by atoms with Gasteiger partial charge in [0.25, 0.3) is 0 Å². The van der Waals surface area contributed by atoms with Gasteiger partial charge in [0, 0.05) is 30.9 Å². The highest BCUT2D eigenvalue weighted by Gasteiger charge is 2.21. The lowest BCUT2D eigenvalue weighted by Crippen LogP contribution is -2.21. The van der Waals surface area contributed by atoms with Crippen molar-refractivity contribution in [1.82, 2.24) is 9.38 Å². The molecule has 1 aromatic carbocycles. The van der Waals surface area contributed by atoms with Crippen molar-refractivity contribution in [1.29, 1.82) is 0 Å². The minimum Gasteiger partial charge on any atom is -0.353 e. The Hall–Kier alpha value is -3.02. The van der Waals surface area contributed by atoms with Gasteiger partial charge in [0.2, 0.25) is 0 Å². The molecule has 1 aliphatic carbocycles. The van der Waals surface area contributed by atoms with Crippen LogP contribution in [0.25, 0.3) is 22.5 Å². The molecular weight excluding hydrogens is 388 g/mol. The number of aromatic nitrogens is 2. The van der Waals surface area contributed by atoms with E-state index in [1.165, 1.54) is 0 Å². The summed E-state index contributed by atoms with van der Waals surface area (Å²) in [6.45, 7) is 5.11. The van der Waals surface area contributed by atoms with Gasteiger partial charge in [-0.3, -0.25) is 9.20 Å². The van der Waals surface area contributed by atoms with E-state index in [0.29, 0.717) is 26.1 Å². The van der Waals surface area contributed by atoms with Crippen molar-refractivity contribution in [2.45, 2.75) is 33.0 Å². The molecule has 4 rings (SSSR count). The van der Waals surface area contributed by atoms with Crippen LogP contribution in [-0.2, 0) is 14.3 Å². The van der Waals surface area contributed by atoms with Crippen LogP contribution in [0, 0.1) is 5.92 Å². The zero-order chi connectivity index (χ0) is 21.6. The third-order valence-corrected chi connectivity index (χ3v) is 5.51. The van der Waals surface area contributed by atoms with Crippen molar-refractivity contribution in [2.24, 2.45) is 5.92 Å². The fourth-order valence-corrected chi connectivity index (χ4v) is 3.93. The molecular formula is C26H28N2O3. The smallest absolute Gasteiger partial charge is 0.163 e. The van der Waals surface area contributed by atoms with Gasteiger partial charge in [-0.15, -0.1) is 0 Å². The molecule has 3 aromatic rings. The van der Waals surface area contributed by atoms with E-state index >= 15 is 0 Å². The molecule has 1 atom stereocenters. The van der Waals surface area contributed by atoms with Gasteiger partial charge in [-0.25, -0.2) is 4.98 Å². The van der Waals surface area contributed by atoms with Gasteiger partial charge in [0.05, 0.1) is 11.9 Å². The Kier molecular flexibility index (Phi) is 6.75. The first-order chi connectivity index (χ1) is 15.2. The minimum atomic E-state index is -0.247. The molecule has 0 spiro atoms. The number of benzene rings is 1. The number of pyridine rings is 1. The predicted octanol–water partition coefficient (Wildman–Crippen LogP) is 5.32. The van der Waals surface area contributed by atoms with Gasteiger partial charge >= 0.3 is 0 Å². The van der Waals surface area contributed by atoms with Crippen LogP contribution in [0.5, 0.6) is 0 Å². The van der Waals surface area contributed by atoms with Crippen LogP contribution in [0.1, 0.15) is 32.3 Å². The lowest BCUT2D eigenvalue weighted by molar-refractivity contribution is -0.141. The molecule has 0 saturated heterocycles. The second-order valence-electron chi connectivity index (χ2n) is 7.54. The fraction of sp³-hybridized carbons (Fsp3) is 0.308. The first kappa shape index (κ1) is 21.2. The van der Waals surface area contributed by atoms with E-state index in [1.54, 1.807) is 6.08 Å². The monoisotopic (exact) mass is 416 g/mol. The van der Waals surface area contributed by atoms with E-state index < -0.39 is 0 Å². The highest BCUT2D eigenvalue weighted by molar-refractivity contribution is 6.03. The summed E-state index contributed by atoms with van der Waals surface area (Å²) in [5.74, 6) is -0.00978. The maximum atomic E-state index is 12.7. The van der Waals surface area contributed by atoms with Crippen LogP contribution >= 0.6 is 0 Å². The molecule has 1 unspecified atom stereocenters. The van der Waals surface area contributed by atoms with Crippen molar-refractivity contribution in [3.63, 3.8) is 0 Å². The summed E-state index contributed by atoms with van der Waals surface area (Å²) in [5, 5.41) is 0. The van der Waals surface area contributed by atoms with Gasteiger partial charge in [0.15, 0.2) is 12.1 Å². The second-order valence-corrected chi connectivity index (χ2v) is 7.54. The third kappa shape index (κ3) is 4.84. The normalized spacial score (nSPS) is 16.3.